The molecule has 3 rings (SSSR count). The maximum atomic E-state index is 4.30. The summed E-state index contributed by atoms with van der Waals surface area (Å²) in [5.41, 5.74) is 1.39. The first-order valence-electron chi connectivity index (χ1n) is 7.73. The van der Waals surface area contributed by atoms with Gasteiger partial charge in [0.25, 0.3) is 0 Å². The van der Waals surface area contributed by atoms with E-state index in [4.69, 9.17) is 0 Å². The van der Waals surface area contributed by atoms with Gasteiger partial charge in [-0.2, -0.15) is 0 Å². The summed E-state index contributed by atoms with van der Waals surface area (Å²) in [7, 11) is 1.93. The fourth-order valence-corrected chi connectivity index (χ4v) is 3.87. The lowest BCUT2D eigenvalue weighted by Crippen LogP contribution is -2.34. The van der Waals surface area contributed by atoms with Crippen molar-refractivity contribution in [1.29, 1.82) is 0 Å². The van der Waals surface area contributed by atoms with E-state index in [0.717, 1.165) is 24.3 Å². The number of nitrogens with zero attached hydrogens (tertiary/aromatic N) is 2. The lowest BCUT2D eigenvalue weighted by atomic mass is 9.96. The highest BCUT2D eigenvalue weighted by molar-refractivity contribution is 5.36. The van der Waals surface area contributed by atoms with Gasteiger partial charge in [-0.15, -0.1) is 0 Å². The molecule has 0 radical (unpaired) electrons. The second-order valence-corrected chi connectivity index (χ2v) is 6.02. The average Bonchev–Trinajstić information content (AvgIpc) is 3.09. The number of anilines is 1. The first-order valence-corrected chi connectivity index (χ1v) is 7.73. The van der Waals surface area contributed by atoms with Crippen molar-refractivity contribution >= 4 is 5.82 Å². The van der Waals surface area contributed by atoms with Crippen LogP contribution in [0.25, 0.3) is 0 Å². The van der Waals surface area contributed by atoms with Crippen LogP contribution in [0.2, 0.25) is 0 Å². The molecule has 104 valence electrons. The molecule has 2 heterocycles. The molecule has 3 heteroatoms. The topological polar surface area (TPSA) is 28.2 Å². The standard InChI is InChI=1S/C16H25N3/c1-17-16-11-13(8-9-18-16)12-19-10-4-7-15(19)14-5-2-3-6-14/h8-9,11,14-15H,2-7,10,12H2,1H3,(H,17,18). The smallest absolute Gasteiger partial charge is 0.125 e. The largest absolute Gasteiger partial charge is 0.373 e. The number of pyridine rings is 1. The van der Waals surface area contributed by atoms with Crippen molar-refractivity contribution in [2.45, 2.75) is 51.1 Å². The fraction of sp³-hybridized carbons (Fsp3) is 0.688. The molecule has 2 aliphatic rings. The van der Waals surface area contributed by atoms with Gasteiger partial charge in [0, 0.05) is 25.8 Å². The Balaban J connectivity index is 1.67. The van der Waals surface area contributed by atoms with E-state index in [9.17, 15) is 0 Å². The summed E-state index contributed by atoms with van der Waals surface area (Å²) in [5.74, 6) is 1.95. The minimum atomic E-state index is 0.841. The zero-order chi connectivity index (χ0) is 13.1. The van der Waals surface area contributed by atoms with Gasteiger partial charge in [0.1, 0.15) is 5.82 Å². The molecule has 1 N–H and O–H groups in total. The van der Waals surface area contributed by atoms with Crippen molar-refractivity contribution in [2.75, 3.05) is 18.9 Å². The van der Waals surface area contributed by atoms with Crippen LogP contribution in [0.1, 0.15) is 44.1 Å². The fourth-order valence-electron chi connectivity index (χ4n) is 3.87. The van der Waals surface area contributed by atoms with E-state index < -0.39 is 0 Å². The van der Waals surface area contributed by atoms with Gasteiger partial charge >= 0.3 is 0 Å². The van der Waals surface area contributed by atoms with Crippen molar-refractivity contribution in [2.24, 2.45) is 5.92 Å². The van der Waals surface area contributed by atoms with E-state index in [1.54, 1.807) is 0 Å². The third-order valence-electron chi connectivity index (χ3n) is 4.82. The van der Waals surface area contributed by atoms with Gasteiger partial charge in [-0.1, -0.05) is 12.8 Å². The van der Waals surface area contributed by atoms with E-state index in [1.165, 1.54) is 50.6 Å². The highest BCUT2D eigenvalue weighted by atomic mass is 15.2. The van der Waals surface area contributed by atoms with Crippen LogP contribution < -0.4 is 5.32 Å². The molecule has 1 aromatic heterocycles. The average molecular weight is 259 g/mol. The number of nitrogens with one attached hydrogen (secondary N) is 1. The summed E-state index contributed by atoms with van der Waals surface area (Å²) >= 11 is 0. The third kappa shape index (κ3) is 2.92. The molecule has 0 aromatic carbocycles. The second-order valence-electron chi connectivity index (χ2n) is 6.02. The second kappa shape index (κ2) is 5.91. The molecule has 1 aromatic rings. The molecule has 2 fully saturated rings. The molecule has 0 bridgehead atoms. The van der Waals surface area contributed by atoms with Crippen molar-refractivity contribution in [3.63, 3.8) is 0 Å². The molecule has 0 amide bonds. The molecule has 19 heavy (non-hydrogen) atoms. The molecule has 1 atom stereocenters. The molecular formula is C16H25N3. The Labute approximate surface area is 116 Å². The van der Waals surface area contributed by atoms with Crippen molar-refractivity contribution < 1.29 is 0 Å². The summed E-state index contributed by atoms with van der Waals surface area (Å²) < 4.78 is 0. The van der Waals surface area contributed by atoms with E-state index in [0.29, 0.717) is 0 Å². The van der Waals surface area contributed by atoms with Crippen molar-refractivity contribution in [3.8, 4) is 0 Å². The Kier molecular flexibility index (Phi) is 4.02. The van der Waals surface area contributed by atoms with E-state index >= 15 is 0 Å². The van der Waals surface area contributed by atoms with Gasteiger partial charge in [0.15, 0.2) is 0 Å². The first-order chi connectivity index (χ1) is 9.36. The van der Waals surface area contributed by atoms with Crippen LogP contribution in [0.15, 0.2) is 18.3 Å². The van der Waals surface area contributed by atoms with E-state index in [-0.39, 0.29) is 0 Å². The summed E-state index contributed by atoms with van der Waals surface area (Å²) in [6, 6.07) is 5.18. The zero-order valence-corrected chi connectivity index (χ0v) is 11.9. The maximum Gasteiger partial charge on any atom is 0.125 e. The predicted molar refractivity (Wildman–Crippen MR) is 79.2 cm³/mol. The van der Waals surface area contributed by atoms with Crippen LogP contribution in [0, 0.1) is 5.92 Å². The molecule has 0 spiro atoms. The SMILES string of the molecule is CNc1cc(CN2CCCC2C2CCCC2)ccn1. The third-order valence-corrected chi connectivity index (χ3v) is 4.82. The molecule has 1 saturated carbocycles. The van der Waals surface area contributed by atoms with Gasteiger partial charge < -0.3 is 5.32 Å². The molecule has 3 nitrogen and oxygen atoms in total. The van der Waals surface area contributed by atoms with Crippen LogP contribution in [0.3, 0.4) is 0 Å². The number of likely N-dealkylation sites (tertiary alicyclic amines) is 1. The summed E-state index contributed by atoms with van der Waals surface area (Å²) in [6.45, 7) is 2.37. The Morgan fingerprint density at radius 3 is 2.89 bits per heavy atom. The number of hydrogen-bond acceptors (Lipinski definition) is 3. The van der Waals surface area contributed by atoms with Crippen LogP contribution in [-0.2, 0) is 6.54 Å². The zero-order valence-electron chi connectivity index (χ0n) is 11.9. The van der Waals surface area contributed by atoms with E-state index in [2.05, 4.69) is 27.3 Å². The van der Waals surface area contributed by atoms with Crippen LogP contribution >= 0.6 is 0 Å². The molecule has 1 aliphatic heterocycles. The highest BCUT2D eigenvalue weighted by Gasteiger charge is 2.32. The quantitative estimate of drug-likeness (QED) is 0.899. The summed E-state index contributed by atoms with van der Waals surface area (Å²) in [5, 5.41) is 3.13. The minimum absolute atomic E-state index is 0.841. The molecule has 1 aliphatic carbocycles. The van der Waals surface area contributed by atoms with Gasteiger partial charge in [0.2, 0.25) is 0 Å². The van der Waals surface area contributed by atoms with Gasteiger partial charge in [-0.3, -0.25) is 4.90 Å². The number of hydrogen-bond donors (Lipinski definition) is 1. The van der Waals surface area contributed by atoms with Crippen molar-refractivity contribution in [1.82, 2.24) is 9.88 Å². The molecule has 1 unspecified atom stereocenters. The summed E-state index contributed by atoms with van der Waals surface area (Å²) in [6.07, 6.45) is 10.5. The monoisotopic (exact) mass is 259 g/mol. The summed E-state index contributed by atoms with van der Waals surface area (Å²) in [4.78, 5) is 7.01. The number of aromatic nitrogens is 1. The molecule has 1 saturated heterocycles. The van der Waals surface area contributed by atoms with Crippen LogP contribution in [0.5, 0.6) is 0 Å². The molecular weight excluding hydrogens is 234 g/mol. The Morgan fingerprint density at radius 2 is 2.11 bits per heavy atom. The minimum Gasteiger partial charge on any atom is -0.373 e. The highest BCUT2D eigenvalue weighted by Crippen LogP contribution is 2.36. The Hall–Kier alpha value is -1.09. The van der Waals surface area contributed by atoms with Gasteiger partial charge in [0.05, 0.1) is 0 Å². The lowest BCUT2D eigenvalue weighted by Gasteiger charge is -2.29. The maximum absolute atomic E-state index is 4.30. The first kappa shape index (κ1) is 12.9. The van der Waals surface area contributed by atoms with Gasteiger partial charge in [-0.05, 0) is 55.8 Å². The van der Waals surface area contributed by atoms with E-state index in [1.807, 2.05) is 13.2 Å². The normalized spacial score (nSPS) is 25.0. The lowest BCUT2D eigenvalue weighted by molar-refractivity contribution is 0.183. The predicted octanol–water partition coefficient (Wildman–Crippen LogP) is 3.28. The Bertz CT molecular complexity index is 412. The van der Waals surface area contributed by atoms with Crippen LogP contribution in [0.4, 0.5) is 5.82 Å². The van der Waals surface area contributed by atoms with Crippen LogP contribution in [-0.4, -0.2) is 29.5 Å². The number of rotatable bonds is 4. The van der Waals surface area contributed by atoms with Gasteiger partial charge in [-0.25, -0.2) is 4.98 Å². The Morgan fingerprint density at radius 1 is 1.26 bits per heavy atom. The van der Waals surface area contributed by atoms with Crippen molar-refractivity contribution in [3.05, 3.63) is 23.9 Å².